The quantitative estimate of drug-likeness (QED) is 0.850. The van der Waals surface area contributed by atoms with Crippen LogP contribution < -0.4 is 14.8 Å². The number of para-hydroxylation sites is 1. The summed E-state index contributed by atoms with van der Waals surface area (Å²) >= 11 is 0. The van der Waals surface area contributed by atoms with Crippen molar-refractivity contribution in [2.24, 2.45) is 0 Å². The lowest BCUT2D eigenvalue weighted by Crippen LogP contribution is -2.01. The van der Waals surface area contributed by atoms with Gasteiger partial charge in [-0.25, -0.2) is 0 Å². The number of phenolic OH excluding ortho intramolecular Hbond substituents is 1. The number of benzene rings is 2. The maximum atomic E-state index is 10.1. The first kappa shape index (κ1) is 15.0. The summed E-state index contributed by atoms with van der Waals surface area (Å²) < 4.78 is 10.6. The predicted octanol–water partition coefficient (Wildman–Crippen LogP) is 3.72. The van der Waals surface area contributed by atoms with E-state index < -0.39 is 0 Å². The highest BCUT2D eigenvalue weighted by Gasteiger charge is 2.08. The van der Waals surface area contributed by atoms with Crippen LogP contribution in [0.2, 0.25) is 0 Å². The van der Waals surface area contributed by atoms with Crippen LogP contribution in [0.3, 0.4) is 0 Å². The first-order valence-corrected chi connectivity index (χ1v) is 6.98. The molecule has 0 spiro atoms. The number of aryl methyl sites for hydroxylation is 1. The van der Waals surface area contributed by atoms with E-state index in [0.29, 0.717) is 18.9 Å². The van der Waals surface area contributed by atoms with E-state index in [1.807, 2.05) is 44.2 Å². The molecule has 0 atom stereocenters. The molecule has 0 bridgehead atoms. The molecule has 0 unspecified atom stereocenters. The molecule has 2 aromatic carbocycles. The minimum absolute atomic E-state index is 0.192. The van der Waals surface area contributed by atoms with Crippen LogP contribution in [0, 0.1) is 6.92 Å². The molecule has 0 heterocycles. The third kappa shape index (κ3) is 3.60. The summed E-state index contributed by atoms with van der Waals surface area (Å²) in [6.07, 6.45) is 0. The summed E-state index contributed by atoms with van der Waals surface area (Å²) in [6.45, 7) is 4.95. The van der Waals surface area contributed by atoms with Gasteiger partial charge in [0.2, 0.25) is 0 Å². The standard InChI is InChI=1S/C17H21NO3/c1-4-21-16-7-5-6-13(17(16)19)11-18-14-8-9-15(20-3)12(2)10-14/h5-10,18-19H,4,11H2,1-3H3. The Morgan fingerprint density at radius 3 is 2.62 bits per heavy atom. The van der Waals surface area contributed by atoms with Crippen molar-refractivity contribution in [2.75, 3.05) is 19.0 Å². The lowest BCUT2D eigenvalue weighted by atomic mass is 10.1. The second kappa shape index (κ2) is 6.88. The molecule has 0 saturated heterocycles. The smallest absolute Gasteiger partial charge is 0.162 e. The van der Waals surface area contributed by atoms with E-state index >= 15 is 0 Å². The number of nitrogens with one attached hydrogen (secondary N) is 1. The van der Waals surface area contributed by atoms with Crippen LogP contribution in [-0.2, 0) is 6.54 Å². The van der Waals surface area contributed by atoms with Gasteiger partial charge in [-0.15, -0.1) is 0 Å². The molecule has 0 fully saturated rings. The summed E-state index contributed by atoms with van der Waals surface area (Å²) in [5, 5.41) is 13.4. The molecule has 0 aliphatic carbocycles. The van der Waals surface area contributed by atoms with Crippen LogP contribution in [0.15, 0.2) is 36.4 Å². The maximum absolute atomic E-state index is 10.1. The van der Waals surface area contributed by atoms with Crippen LogP contribution >= 0.6 is 0 Å². The summed E-state index contributed by atoms with van der Waals surface area (Å²) in [6, 6.07) is 11.4. The van der Waals surface area contributed by atoms with Crippen molar-refractivity contribution < 1.29 is 14.6 Å². The van der Waals surface area contributed by atoms with Crippen molar-refractivity contribution in [1.82, 2.24) is 0 Å². The van der Waals surface area contributed by atoms with Gasteiger partial charge in [0.15, 0.2) is 11.5 Å². The Balaban J connectivity index is 2.09. The predicted molar refractivity (Wildman–Crippen MR) is 84.3 cm³/mol. The molecular weight excluding hydrogens is 266 g/mol. The van der Waals surface area contributed by atoms with Crippen LogP contribution in [0.4, 0.5) is 5.69 Å². The van der Waals surface area contributed by atoms with Gasteiger partial charge in [-0.2, -0.15) is 0 Å². The molecule has 2 rings (SSSR count). The maximum Gasteiger partial charge on any atom is 0.162 e. The van der Waals surface area contributed by atoms with Gasteiger partial charge in [-0.3, -0.25) is 0 Å². The average Bonchev–Trinajstić information content (AvgIpc) is 2.48. The molecule has 21 heavy (non-hydrogen) atoms. The first-order chi connectivity index (χ1) is 10.2. The van der Waals surface area contributed by atoms with Gasteiger partial charge in [0, 0.05) is 17.8 Å². The van der Waals surface area contributed by atoms with E-state index in [4.69, 9.17) is 9.47 Å². The minimum Gasteiger partial charge on any atom is -0.504 e. The van der Waals surface area contributed by atoms with Gasteiger partial charge in [0.25, 0.3) is 0 Å². The fraction of sp³-hybridized carbons (Fsp3) is 0.294. The zero-order valence-corrected chi connectivity index (χ0v) is 12.6. The van der Waals surface area contributed by atoms with Gasteiger partial charge < -0.3 is 19.9 Å². The van der Waals surface area contributed by atoms with Crippen molar-refractivity contribution in [3.63, 3.8) is 0 Å². The van der Waals surface area contributed by atoms with Crippen molar-refractivity contribution in [2.45, 2.75) is 20.4 Å². The van der Waals surface area contributed by atoms with E-state index in [-0.39, 0.29) is 5.75 Å². The Labute approximate surface area is 125 Å². The summed E-state index contributed by atoms with van der Waals surface area (Å²) in [4.78, 5) is 0. The second-order valence-electron chi connectivity index (χ2n) is 4.73. The second-order valence-corrected chi connectivity index (χ2v) is 4.73. The summed E-state index contributed by atoms with van der Waals surface area (Å²) in [5.41, 5.74) is 2.85. The van der Waals surface area contributed by atoms with E-state index in [2.05, 4.69) is 5.32 Å². The molecule has 0 aromatic heterocycles. The summed E-state index contributed by atoms with van der Waals surface area (Å²) in [5.74, 6) is 1.57. The fourth-order valence-corrected chi connectivity index (χ4v) is 2.17. The van der Waals surface area contributed by atoms with Crippen LogP contribution in [0.1, 0.15) is 18.1 Å². The average molecular weight is 287 g/mol. The Morgan fingerprint density at radius 1 is 1.14 bits per heavy atom. The van der Waals surface area contributed by atoms with Gasteiger partial charge in [-0.1, -0.05) is 12.1 Å². The third-order valence-corrected chi connectivity index (χ3v) is 3.26. The molecule has 112 valence electrons. The Hall–Kier alpha value is -2.36. The van der Waals surface area contributed by atoms with Crippen molar-refractivity contribution in [3.05, 3.63) is 47.5 Å². The van der Waals surface area contributed by atoms with Crippen molar-refractivity contribution in [3.8, 4) is 17.2 Å². The highest BCUT2D eigenvalue weighted by molar-refractivity contribution is 5.52. The van der Waals surface area contributed by atoms with E-state index in [0.717, 1.165) is 22.6 Å². The number of phenols is 1. The normalized spacial score (nSPS) is 10.2. The Kier molecular flexibility index (Phi) is 4.93. The SMILES string of the molecule is CCOc1cccc(CNc2ccc(OC)c(C)c2)c1O. The number of hydrogen-bond acceptors (Lipinski definition) is 4. The van der Waals surface area contributed by atoms with Gasteiger partial charge >= 0.3 is 0 Å². The molecule has 0 aliphatic heterocycles. The zero-order valence-electron chi connectivity index (χ0n) is 12.6. The van der Waals surface area contributed by atoms with Crippen LogP contribution in [0.25, 0.3) is 0 Å². The molecule has 4 nitrogen and oxygen atoms in total. The monoisotopic (exact) mass is 287 g/mol. The number of methoxy groups -OCH3 is 1. The van der Waals surface area contributed by atoms with Crippen molar-refractivity contribution >= 4 is 5.69 Å². The Morgan fingerprint density at radius 2 is 1.95 bits per heavy atom. The largest absolute Gasteiger partial charge is 0.504 e. The minimum atomic E-state index is 0.192. The molecule has 2 N–H and O–H groups in total. The molecule has 0 amide bonds. The number of anilines is 1. The lowest BCUT2D eigenvalue weighted by Gasteiger charge is -2.13. The van der Waals surface area contributed by atoms with Gasteiger partial charge in [0.05, 0.1) is 13.7 Å². The van der Waals surface area contributed by atoms with Crippen LogP contribution in [0.5, 0.6) is 17.2 Å². The van der Waals surface area contributed by atoms with E-state index in [1.54, 1.807) is 13.2 Å². The highest BCUT2D eigenvalue weighted by atomic mass is 16.5. The molecule has 2 aromatic rings. The first-order valence-electron chi connectivity index (χ1n) is 6.98. The van der Waals surface area contributed by atoms with Gasteiger partial charge in [-0.05, 0) is 43.7 Å². The molecule has 0 saturated carbocycles. The third-order valence-electron chi connectivity index (χ3n) is 3.26. The molecule has 0 aliphatic rings. The molecule has 0 radical (unpaired) electrons. The van der Waals surface area contributed by atoms with Crippen molar-refractivity contribution in [1.29, 1.82) is 0 Å². The zero-order chi connectivity index (χ0) is 15.2. The molecule has 4 heteroatoms. The summed E-state index contributed by atoms with van der Waals surface area (Å²) in [7, 11) is 1.66. The number of hydrogen-bond donors (Lipinski definition) is 2. The Bertz CT molecular complexity index is 611. The molecular formula is C17H21NO3. The number of rotatable bonds is 6. The van der Waals surface area contributed by atoms with E-state index in [9.17, 15) is 5.11 Å². The van der Waals surface area contributed by atoms with Gasteiger partial charge in [0.1, 0.15) is 5.75 Å². The number of aromatic hydroxyl groups is 1. The lowest BCUT2D eigenvalue weighted by molar-refractivity contribution is 0.317. The van der Waals surface area contributed by atoms with E-state index in [1.165, 1.54) is 0 Å². The topological polar surface area (TPSA) is 50.7 Å². The fourth-order valence-electron chi connectivity index (χ4n) is 2.17. The number of ether oxygens (including phenoxy) is 2. The van der Waals surface area contributed by atoms with Crippen LogP contribution in [-0.4, -0.2) is 18.8 Å². The highest BCUT2D eigenvalue weighted by Crippen LogP contribution is 2.30.